The lowest BCUT2D eigenvalue weighted by molar-refractivity contribution is 0.234. The molecule has 5 nitrogen and oxygen atoms in total. The lowest BCUT2D eigenvalue weighted by Gasteiger charge is -2.39. The molecule has 0 spiro atoms. The van der Waals surface area contributed by atoms with Crippen molar-refractivity contribution in [1.29, 1.82) is 0 Å². The Morgan fingerprint density at radius 2 is 2.07 bits per heavy atom. The predicted molar refractivity (Wildman–Crippen MR) is 123 cm³/mol. The van der Waals surface area contributed by atoms with Crippen molar-refractivity contribution in [2.24, 2.45) is 18.0 Å². The van der Waals surface area contributed by atoms with Crippen LogP contribution in [0.3, 0.4) is 0 Å². The van der Waals surface area contributed by atoms with Crippen molar-refractivity contribution in [3.05, 3.63) is 53.9 Å². The van der Waals surface area contributed by atoms with E-state index in [1.165, 1.54) is 17.5 Å². The summed E-state index contributed by atoms with van der Waals surface area (Å²) in [5.74, 6) is 2.31. The Bertz CT molecular complexity index is 712. The van der Waals surface area contributed by atoms with Gasteiger partial charge in [-0.25, -0.2) is 0 Å². The van der Waals surface area contributed by atoms with E-state index >= 15 is 0 Å². The maximum absolute atomic E-state index is 4.87. The number of aryl methyl sites for hydroxylation is 1. The molecule has 1 saturated heterocycles. The van der Waals surface area contributed by atoms with Gasteiger partial charge in [-0.2, -0.15) is 5.10 Å². The van der Waals surface area contributed by atoms with Gasteiger partial charge in [0.05, 0.1) is 6.20 Å². The summed E-state index contributed by atoms with van der Waals surface area (Å²) in [4.78, 5) is 7.30. The molecule has 0 amide bonds. The molecular weight excluding hydrogens is 449 g/mol. The number of rotatable bonds is 5. The molecule has 1 N–H and O–H groups in total. The molecule has 1 aliphatic rings. The number of nitrogens with zero attached hydrogens (tertiary/aromatic N) is 4. The molecule has 6 heteroatoms. The molecule has 0 bridgehead atoms. The standard InChI is InChI=1S/C21H31N5.HI/c1-4-22-21(23-12-10-18-14-24-25(3)16-18)26-13-11-20(17(2)15-26)19-8-6-5-7-9-19;/h5-9,14,16-17,20H,4,10-13,15H2,1-3H3,(H,22,23);1H. The Morgan fingerprint density at radius 3 is 2.70 bits per heavy atom. The van der Waals surface area contributed by atoms with Crippen LogP contribution in [-0.2, 0) is 13.5 Å². The zero-order valence-corrected chi connectivity index (χ0v) is 19.0. The number of benzene rings is 1. The Morgan fingerprint density at radius 1 is 1.30 bits per heavy atom. The van der Waals surface area contributed by atoms with Gasteiger partial charge in [-0.1, -0.05) is 37.3 Å². The van der Waals surface area contributed by atoms with E-state index in [0.29, 0.717) is 11.8 Å². The van der Waals surface area contributed by atoms with Crippen LogP contribution in [0, 0.1) is 5.92 Å². The van der Waals surface area contributed by atoms with Crippen molar-refractivity contribution in [3.8, 4) is 0 Å². The lowest BCUT2D eigenvalue weighted by atomic mass is 9.82. The number of piperidine rings is 1. The fourth-order valence-corrected chi connectivity index (χ4v) is 3.85. The second-order valence-corrected chi connectivity index (χ2v) is 7.24. The molecule has 3 rings (SSSR count). The van der Waals surface area contributed by atoms with E-state index in [9.17, 15) is 0 Å². The number of aliphatic imine (C=N–C) groups is 1. The summed E-state index contributed by atoms with van der Waals surface area (Å²) in [5, 5.41) is 7.70. The minimum atomic E-state index is 0. The van der Waals surface area contributed by atoms with Gasteiger partial charge in [0.2, 0.25) is 0 Å². The van der Waals surface area contributed by atoms with E-state index < -0.39 is 0 Å². The Hall–Kier alpha value is -1.57. The van der Waals surface area contributed by atoms with Crippen LogP contribution in [-0.4, -0.2) is 46.8 Å². The highest BCUT2D eigenvalue weighted by Crippen LogP contribution is 2.32. The Labute approximate surface area is 180 Å². The maximum atomic E-state index is 4.87. The van der Waals surface area contributed by atoms with Crippen molar-refractivity contribution >= 4 is 29.9 Å². The van der Waals surface area contributed by atoms with Gasteiger partial charge in [-0.15, -0.1) is 24.0 Å². The third kappa shape index (κ3) is 5.96. The van der Waals surface area contributed by atoms with Crippen molar-refractivity contribution in [1.82, 2.24) is 20.0 Å². The van der Waals surface area contributed by atoms with Gasteiger partial charge in [-0.05, 0) is 42.7 Å². The summed E-state index contributed by atoms with van der Waals surface area (Å²) in [6.07, 6.45) is 6.10. The number of halogens is 1. The molecule has 1 aromatic heterocycles. The monoisotopic (exact) mass is 481 g/mol. The molecule has 27 heavy (non-hydrogen) atoms. The van der Waals surface area contributed by atoms with Crippen LogP contribution in [0.15, 0.2) is 47.7 Å². The van der Waals surface area contributed by atoms with Gasteiger partial charge in [0, 0.05) is 39.4 Å². The first-order valence-corrected chi connectivity index (χ1v) is 9.73. The van der Waals surface area contributed by atoms with Crippen LogP contribution in [0.25, 0.3) is 0 Å². The first-order chi connectivity index (χ1) is 12.7. The molecule has 148 valence electrons. The summed E-state index contributed by atoms with van der Waals surface area (Å²) in [7, 11) is 1.95. The minimum Gasteiger partial charge on any atom is -0.357 e. The van der Waals surface area contributed by atoms with Gasteiger partial charge >= 0.3 is 0 Å². The van der Waals surface area contributed by atoms with Crippen LogP contribution in [0.2, 0.25) is 0 Å². The molecule has 2 atom stereocenters. The van der Waals surface area contributed by atoms with Crippen molar-refractivity contribution in [2.45, 2.75) is 32.6 Å². The molecule has 2 heterocycles. The van der Waals surface area contributed by atoms with Gasteiger partial charge in [0.15, 0.2) is 5.96 Å². The average Bonchev–Trinajstić information content (AvgIpc) is 3.07. The van der Waals surface area contributed by atoms with Crippen LogP contribution < -0.4 is 5.32 Å². The first kappa shape index (κ1) is 21.7. The van der Waals surface area contributed by atoms with Crippen molar-refractivity contribution in [3.63, 3.8) is 0 Å². The fraction of sp³-hybridized carbons (Fsp3) is 0.524. The van der Waals surface area contributed by atoms with E-state index in [2.05, 4.69) is 65.7 Å². The SMILES string of the molecule is CCNC(=NCCc1cnn(C)c1)N1CCC(c2ccccc2)C(C)C1.I. The zero-order chi connectivity index (χ0) is 18.4. The van der Waals surface area contributed by atoms with Gasteiger partial charge in [-0.3, -0.25) is 9.67 Å². The number of nitrogens with one attached hydrogen (secondary N) is 1. The maximum Gasteiger partial charge on any atom is 0.193 e. The summed E-state index contributed by atoms with van der Waals surface area (Å²) in [6.45, 7) is 8.31. The van der Waals surface area contributed by atoms with E-state index in [-0.39, 0.29) is 24.0 Å². The van der Waals surface area contributed by atoms with Gasteiger partial charge < -0.3 is 10.2 Å². The second kappa shape index (κ2) is 10.7. The molecule has 0 radical (unpaired) electrons. The highest BCUT2D eigenvalue weighted by molar-refractivity contribution is 14.0. The van der Waals surface area contributed by atoms with E-state index in [1.807, 2.05) is 17.9 Å². The molecule has 2 aromatic rings. The summed E-state index contributed by atoms with van der Waals surface area (Å²) < 4.78 is 1.85. The third-order valence-electron chi connectivity index (χ3n) is 5.19. The number of guanidine groups is 1. The quantitative estimate of drug-likeness (QED) is 0.403. The second-order valence-electron chi connectivity index (χ2n) is 7.24. The van der Waals surface area contributed by atoms with E-state index in [0.717, 1.165) is 38.6 Å². The van der Waals surface area contributed by atoms with Crippen LogP contribution in [0.4, 0.5) is 0 Å². The first-order valence-electron chi connectivity index (χ1n) is 9.73. The lowest BCUT2D eigenvalue weighted by Crippen LogP contribution is -2.48. The predicted octanol–water partition coefficient (Wildman–Crippen LogP) is 3.67. The Kier molecular flexibility index (Phi) is 8.60. The highest BCUT2D eigenvalue weighted by Gasteiger charge is 2.28. The number of hydrogen-bond acceptors (Lipinski definition) is 2. The molecule has 1 aliphatic heterocycles. The number of likely N-dealkylation sites (tertiary alicyclic amines) is 1. The Balaban J connectivity index is 0.00000261. The summed E-state index contributed by atoms with van der Waals surface area (Å²) in [6, 6.07) is 10.9. The molecule has 0 aliphatic carbocycles. The van der Waals surface area contributed by atoms with Crippen molar-refractivity contribution < 1.29 is 0 Å². The topological polar surface area (TPSA) is 45.5 Å². The number of hydrogen-bond donors (Lipinski definition) is 1. The number of aromatic nitrogens is 2. The largest absolute Gasteiger partial charge is 0.357 e. The van der Waals surface area contributed by atoms with E-state index in [1.54, 1.807) is 0 Å². The minimum absolute atomic E-state index is 0. The molecule has 2 unspecified atom stereocenters. The fourth-order valence-electron chi connectivity index (χ4n) is 3.85. The summed E-state index contributed by atoms with van der Waals surface area (Å²) in [5.41, 5.74) is 2.71. The van der Waals surface area contributed by atoms with Crippen LogP contribution in [0.1, 0.15) is 37.3 Å². The molecule has 0 saturated carbocycles. The summed E-state index contributed by atoms with van der Waals surface area (Å²) >= 11 is 0. The average molecular weight is 481 g/mol. The van der Waals surface area contributed by atoms with Gasteiger partial charge in [0.1, 0.15) is 0 Å². The molecule has 1 fully saturated rings. The normalized spacial score (nSPS) is 20.3. The third-order valence-corrected chi connectivity index (χ3v) is 5.19. The highest BCUT2D eigenvalue weighted by atomic mass is 127. The van der Waals surface area contributed by atoms with Crippen LogP contribution in [0.5, 0.6) is 0 Å². The molecule has 1 aromatic carbocycles. The smallest absolute Gasteiger partial charge is 0.193 e. The molecular formula is C21H32IN5. The van der Waals surface area contributed by atoms with Crippen molar-refractivity contribution in [2.75, 3.05) is 26.2 Å². The van der Waals surface area contributed by atoms with Crippen LogP contribution >= 0.6 is 24.0 Å². The zero-order valence-electron chi connectivity index (χ0n) is 16.6. The van der Waals surface area contributed by atoms with E-state index in [4.69, 9.17) is 4.99 Å². The van der Waals surface area contributed by atoms with Gasteiger partial charge in [0.25, 0.3) is 0 Å².